The second-order valence-corrected chi connectivity index (χ2v) is 5.93. The van der Waals surface area contributed by atoms with E-state index < -0.39 is 5.97 Å². The molecule has 1 aliphatic heterocycles. The van der Waals surface area contributed by atoms with Crippen LogP contribution >= 0.6 is 15.9 Å². The third-order valence-electron chi connectivity index (χ3n) is 3.46. The Labute approximate surface area is 125 Å². The van der Waals surface area contributed by atoms with E-state index in [1.807, 2.05) is 0 Å². The Morgan fingerprint density at radius 2 is 2.15 bits per heavy atom. The molecule has 0 saturated carbocycles. The lowest BCUT2D eigenvalue weighted by atomic mass is 9.94. The van der Waals surface area contributed by atoms with Crippen LogP contribution in [-0.2, 0) is 4.79 Å². The van der Waals surface area contributed by atoms with E-state index in [0.29, 0.717) is 13.1 Å². The van der Waals surface area contributed by atoms with Gasteiger partial charge in [0.2, 0.25) is 0 Å². The minimum atomic E-state index is -0.838. The number of aliphatic carboxylic acids is 1. The van der Waals surface area contributed by atoms with Crippen LogP contribution in [0.15, 0.2) is 22.7 Å². The Kier molecular flexibility index (Phi) is 4.65. The summed E-state index contributed by atoms with van der Waals surface area (Å²) in [5.74, 6) is -1.16. The molecule has 0 spiro atoms. The van der Waals surface area contributed by atoms with E-state index >= 15 is 0 Å². The molecule has 0 radical (unpaired) electrons. The number of nitrogens with zero attached hydrogens (tertiary/aromatic N) is 1. The molecule has 1 heterocycles. The van der Waals surface area contributed by atoms with Gasteiger partial charge >= 0.3 is 5.97 Å². The summed E-state index contributed by atoms with van der Waals surface area (Å²) >= 11 is 3.27. The quantitative estimate of drug-likeness (QED) is 0.885. The summed E-state index contributed by atoms with van der Waals surface area (Å²) < 4.78 is 0.720. The number of aromatic hydroxyl groups is 1. The average Bonchev–Trinajstić information content (AvgIpc) is 2.40. The van der Waals surface area contributed by atoms with Crippen molar-refractivity contribution in [3.8, 4) is 5.75 Å². The van der Waals surface area contributed by atoms with E-state index in [-0.39, 0.29) is 29.6 Å². The second-order valence-electron chi connectivity index (χ2n) is 5.02. The van der Waals surface area contributed by atoms with E-state index in [4.69, 9.17) is 5.11 Å². The van der Waals surface area contributed by atoms with Crippen molar-refractivity contribution in [3.63, 3.8) is 0 Å². The highest BCUT2D eigenvalue weighted by Gasteiger charge is 2.27. The Hall–Kier alpha value is -1.56. The molecule has 108 valence electrons. The smallest absolute Gasteiger partial charge is 0.303 e. The van der Waals surface area contributed by atoms with Crippen LogP contribution in [0.3, 0.4) is 0 Å². The molecule has 1 fully saturated rings. The molecule has 2 rings (SSSR count). The van der Waals surface area contributed by atoms with Crippen molar-refractivity contribution in [2.45, 2.75) is 19.3 Å². The van der Waals surface area contributed by atoms with E-state index in [9.17, 15) is 14.7 Å². The first-order chi connectivity index (χ1) is 9.47. The molecule has 1 aromatic rings. The summed E-state index contributed by atoms with van der Waals surface area (Å²) in [6.07, 6.45) is 1.69. The number of amides is 1. The van der Waals surface area contributed by atoms with E-state index in [0.717, 1.165) is 17.3 Å². The van der Waals surface area contributed by atoms with Crippen molar-refractivity contribution in [2.75, 3.05) is 13.1 Å². The SMILES string of the molecule is O=C(O)CC1CCCN(C(=O)c2cc(Br)ccc2O)C1. The van der Waals surface area contributed by atoms with Crippen LogP contribution in [0.4, 0.5) is 0 Å². The number of carbonyl (C=O) groups is 2. The summed E-state index contributed by atoms with van der Waals surface area (Å²) in [5, 5.41) is 18.6. The van der Waals surface area contributed by atoms with Gasteiger partial charge in [-0.2, -0.15) is 0 Å². The molecule has 0 bridgehead atoms. The molecule has 1 atom stereocenters. The fourth-order valence-electron chi connectivity index (χ4n) is 2.51. The first-order valence-electron chi connectivity index (χ1n) is 6.47. The Bertz CT molecular complexity index is 532. The number of phenolic OH excluding ortho intramolecular Hbond substituents is 1. The van der Waals surface area contributed by atoms with Gasteiger partial charge in [0.25, 0.3) is 5.91 Å². The molecule has 1 aromatic carbocycles. The summed E-state index contributed by atoms with van der Waals surface area (Å²) in [6, 6.07) is 4.71. The molecule has 1 saturated heterocycles. The van der Waals surface area contributed by atoms with Crippen molar-refractivity contribution in [1.29, 1.82) is 0 Å². The number of hydrogen-bond acceptors (Lipinski definition) is 3. The molecular weight excluding hydrogens is 326 g/mol. The zero-order chi connectivity index (χ0) is 14.7. The minimum absolute atomic E-state index is 0.0144. The van der Waals surface area contributed by atoms with Gasteiger partial charge in [-0.3, -0.25) is 9.59 Å². The number of carboxylic acids is 1. The Morgan fingerprint density at radius 1 is 1.40 bits per heavy atom. The number of piperidine rings is 1. The predicted molar refractivity (Wildman–Crippen MR) is 76.7 cm³/mol. The number of benzene rings is 1. The molecule has 0 aliphatic carbocycles. The zero-order valence-electron chi connectivity index (χ0n) is 10.9. The van der Waals surface area contributed by atoms with Crippen molar-refractivity contribution in [3.05, 3.63) is 28.2 Å². The van der Waals surface area contributed by atoms with Crippen molar-refractivity contribution < 1.29 is 19.8 Å². The molecule has 1 unspecified atom stereocenters. The van der Waals surface area contributed by atoms with Crippen LogP contribution in [0, 0.1) is 5.92 Å². The van der Waals surface area contributed by atoms with Crippen LogP contribution < -0.4 is 0 Å². The Morgan fingerprint density at radius 3 is 2.85 bits per heavy atom. The molecule has 1 aliphatic rings. The van der Waals surface area contributed by atoms with Crippen LogP contribution in [0.2, 0.25) is 0 Å². The standard InChI is InChI=1S/C14H16BrNO4/c15-10-3-4-12(17)11(7-10)14(20)16-5-1-2-9(8-16)6-13(18)19/h3-4,7,9,17H,1-2,5-6,8H2,(H,18,19). The van der Waals surface area contributed by atoms with Gasteiger partial charge in [-0.1, -0.05) is 15.9 Å². The number of halogens is 1. The topological polar surface area (TPSA) is 77.8 Å². The fraction of sp³-hybridized carbons (Fsp3) is 0.429. The average molecular weight is 342 g/mol. The normalized spacial score (nSPS) is 18.9. The van der Waals surface area contributed by atoms with E-state index in [1.165, 1.54) is 6.07 Å². The van der Waals surface area contributed by atoms with Gasteiger partial charge < -0.3 is 15.1 Å². The Balaban J connectivity index is 2.12. The van der Waals surface area contributed by atoms with E-state index in [2.05, 4.69) is 15.9 Å². The highest BCUT2D eigenvalue weighted by Crippen LogP contribution is 2.26. The van der Waals surface area contributed by atoms with Gasteiger partial charge in [0.15, 0.2) is 0 Å². The van der Waals surface area contributed by atoms with Crippen molar-refractivity contribution in [1.82, 2.24) is 4.90 Å². The highest BCUT2D eigenvalue weighted by molar-refractivity contribution is 9.10. The molecule has 0 aromatic heterocycles. The van der Waals surface area contributed by atoms with Crippen molar-refractivity contribution in [2.24, 2.45) is 5.92 Å². The van der Waals surface area contributed by atoms with Gasteiger partial charge in [-0.15, -0.1) is 0 Å². The molecule has 6 heteroatoms. The lowest BCUT2D eigenvalue weighted by molar-refractivity contribution is -0.138. The summed E-state index contributed by atoms with van der Waals surface area (Å²) in [6.45, 7) is 1.03. The summed E-state index contributed by atoms with van der Waals surface area (Å²) in [4.78, 5) is 24.8. The molecule has 1 amide bonds. The maximum Gasteiger partial charge on any atom is 0.303 e. The van der Waals surface area contributed by atoms with Crippen LogP contribution in [0.5, 0.6) is 5.75 Å². The first kappa shape index (κ1) is 14.8. The number of hydrogen-bond donors (Lipinski definition) is 2. The number of likely N-dealkylation sites (tertiary alicyclic amines) is 1. The largest absolute Gasteiger partial charge is 0.507 e. The summed E-state index contributed by atoms with van der Waals surface area (Å²) in [5.41, 5.74) is 0.246. The minimum Gasteiger partial charge on any atom is -0.507 e. The van der Waals surface area contributed by atoms with Gasteiger partial charge in [-0.25, -0.2) is 0 Å². The maximum absolute atomic E-state index is 12.4. The lowest BCUT2D eigenvalue weighted by Crippen LogP contribution is -2.40. The van der Waals surface area contributed by atoms with Gasteiger partial charge in [0.05, 0.1) is 5.56 Å². The van der Waals surface area contributed by atoms with Crippen LogP contribution in [0.25, 0.3) is 0 Å². The molecular formula is C14H16BrNO4. The number of phenols is 1. The second kappa shape index (κ2) is 6.26. The summed E-state index contributed by atoms with van der Waals surface area (Å²) in [7, 11) is 0. The molecule has 2 N–H and O–H groups in total. The molecule has 5 nitrogen and oxygen atoms in total. The van der Waals surface area contributed by atoms with Gasteiger partial charge in [-0.05, 0) is 37.0 Å². The number of rotatable bonds is 3. The number of carboxylic acid groups (broad SMARTS) is 1. The fourth-order valence-corrected chi connectivity index (χ4v) is 2.87. The lowest BCUT2D eigenvalue weighted by Gasteiger charge is -2.32. The third kappa shape index (κ3) is 3.50. The van der Waals surface area contributed by atoms with Gasteiger partial charge in [0, 0.05) is 24.0 Å². The third-order valence-corrected chi connectivity index (χ3v) is 3.95. The molecule has 20 heavy (non-hydrogen) atoms. The number of carbonyl (C=O) groups excluding carboxylic acids is 1. The first-order valence-corrected chi connectivity index (χ1v) is 7.26. The predicted octanol–water partition coefficient (Wildman–Crippen LogP) is 2.48. The van der Waals surface area contributed by atoms with Crippen molar-refractivity contribution >= 4 is 27.8 Å². The highest BCUT2D eigenvalue weighted by atomic mass is 79.9. The zero-order valence-corrected chi connectivity index (χ0v) is 12.5. The van der Waals surface area contributed by atoms with Crippen LogP contribution in [0.1, 0.15) is 29.6 Å². The van der Waals surface area contributed by atoms with E-state index in [1.54, 1.807) is 17.0 Å². The van der Waals surface area contributed by atoms with Gasteiger partial charge in [0.1, 0.15) is 5.75 Å². The van der Waals surface area contributed by atoms with Crippen LogP contribution in [-0.4, -0.2) is 40.1 Å². The maximum atomic E-state index is 12.4. The monoisotopic (exact) mass is 341 g/mol.